The van der Waals surface area contributed by atoms with Gasteiger partial charge in [0.2, 0.25) is 0 Å². The summed E-state index contributed by atoms with van der Waals surface area (Å²) in [4.78, 5) is 4.37. The van der Waals surface area contributed by atoms with E-state index in [0.29, 0.717) is 23.0 Å². The van der Waals surface area contributed by atoms with E-state index < -0.39 is 0 Å². The van der Waals surface area contributed by atoms with Crippen molar-refractivity contribution in [3.05, 3.63) is 28.9 Å². The highest BCUT2D eigenvalue weighted by atomic mass is 35.5. The maximum atomic E-state index is 13.2. The minimum Gasteiger partial charge on any atom is -0.439 e. The van der Waals surface area contributed by atoms with Gasteiger partial charge in [0.25, 0.3) is 0 Å². The molecule has 2 unspecified atom stereocenters. The van der Waals surface area contributed by atoms with Crippen LogP contribution in [0.5, 0.6) is 0 Å². The van der Waals surface area contributed by atoms with Crippen LogP contribution in [0.25, 0.3) is 11.1 Å². The molecule has 2 aromatic rings. The Kier molecular flexibility index (Phi) is 2.99. The summed E-state index contributed by atoms with van der Waals surface area (Å²) in [6.45, 7) is 3.09. The number of aromatic nitrogens is 1. The van der Waals surface area contributed by atoms with E-state index in [1.807, 2.05) is 0 Å². The summed E-state index contributed by atoms with van der Waals surface area (Å²) in [7, 11) is 0. The topological polar surface area (TPSA) is 38.1 Å². The van der Waals surface area contributed by atoms with Crippen LogP contribution in [0.4, 0.5) is 4.39 Å². The second-order valence-corrected chi connectivity index (χ2v) is 5.27. The van der Waals surface area contributed by atoms with Gasteiger partial charge in [-0.1, -0.05) is 11.6 Å². The van der Waals surface area contributed by atoms with Crippen molar-refractivity contribution in [3.8, 4) is 0 Å². The fourth-order valence-corrected chi connectivity index (χ4v) is 2.75. The number of piperidine rings is 1. The van der Waals surface area contributed by atoms with Gasteiger partial charge in [-0.3, -0.25) is 0 Å². The van der Waals surface area contributed by atoms with Gasteiger partial charge >= 0.3 is 0 Å². The van der Waals surface area contributed by atoms with Crippen molar-refractivity contribution in [2.45, 2.75) is 31.7 Å². The van der Waals surface area contributed by atoms with Gasteiger partial charge in [-0.15, -0.1) is 0 Å². The highest BCUT2D eigenvalue weighted by molar-refractivity contribution is 6.34. The molecular weight excluding hydrogens is 255 g/mol. The Morgan fingerprint density at radius 3 is 3.11 bits per heavy atom. The van der Waals surface area contributed by atoms with E-state index in [0.717, 1.165) is 19.4 Å². The summed E-state index contributed by atoms with van der Waals surface area (Å²) in [5.41, 5.74) is 0.987. The van der Waals surface area contributed by atoms with Crippen LogP contribution in [0.1, 0.15) is 31.6 Å². The van der Waals surface area contributed by atoms with E-state index in [1.165, 1.54) is 12.1 Å². The zero-order chi connectivity index (χ0) is 12.7. The number of nitrogens with zero attached hydrogens (tertiary/aromatic N) is 1. The van der Waals surface area contributed by atoms with Gasteiger partial charge in [-0.2, -0.15) is 0 Å². The minimum absolute atomic E-state index is 0.283. The molecule has 1 aliphatic rings. The third-order valence-electron chi connectivity index (χ3n) is 3.40. The monoisotopic (exact) mass is 268 g/mol. The molecule has 96 valence electrons. The third-order valence-corrected chi connectivity index (χ3v) is 3.68. The molecule has 0 amide bonds. The second kappa shape index (κ2) is 4.52. The van der Waals surface area contributed by atoms with E-state index in [-0.39, 0.29) is 16.8 Å². The molecule has 0 spiro atoms. The predicted octanol–water partition coefficient (Wildman–Crippen LogP) is 3.48. The van der Waals surface area contributed by atoms with E-state index in [9.17, 15) is 4.39 Å². The molecule has 1 aromatic heterocycles. The van der Waals surface area contributed by atoms with Crippen molar-refractivity contribution < 1.29 is 8.81 Å². The summed E-state index contributed by atoms with van der Waals surface area (Å²) in [6.07, 6.45) is 1.96. The number of rotatable bonds is 1. The average Bonchev–Trinajstić information content (AvgIpc) is 2.73. The van der Waals surface area contributed by atoms with Crippen molar-refractivity contribution in [1.82, 2.24) is 10.3 Å². The van der Waals surface area contributed by atoms with E-state index in [2.05, 4.69) is 17.2 Å². The lowest BCUT2D eigenvalue weighted by Crippen LogP contribution is -2.34. The maximum Gasteiger partial charge on any atom is 0.198 e. The van der Waals surface area contributed by atoms with Gasteiger partial charge in [0.05, 0.1) is 5.02 Å². The van der Waals surface area contributed by atoms with Gasteiger partial charge in [-0.05, 0) is 32.4 Å². The van der Waals surface area contributed by atoms with Crippen LogP contribution in [0.2, 0.25) is 5.02 Å². The molecule has 18 heavy (non-hydrogen) atoms. The molecule has 1 saturated heterocycles. The lowest BCUT2D eigenvalue weighted by Gasteiger charge is -2.25. The summed E-state index contributed by atoms with van der Waals surface area (Å²) >= 11 is 5.96. The Labute approximate surface area is 109 Å². The highest BCUT2D eigenvalue weighted by Crippen LogP contribution is 2.32. The number of hydrogen-bond acceptors (Lipinski definition) is 3. The Bertz CT molecular complexity index is 584. The van der Waals surface area contributed by atoms with Gasteiger partial charge in [0.1, 0.15) is 11.3 Å². The number of halogens is 2. The van der Waals surface area contributed by atoms with Crippen LogP contribution in [0, 0.1) is 5.82 Å². The Hall–Kier alpha value is -1.13. The molecular formula is C13H14ClFN2O. The largest absolute Gasteiger partial charge is 0.439 e. The van der Waals surface area contributed by atoms with Gasteiger partial charge in [0, 0.05) is 18.0 Å². The molecule has 1 aliphatic heterocycles. The summed E-state index contributed by atoms with van der Waals surface area (Å²) < 4.78 is 18.9. The first-order valence-electron chi connectivity index (χ1n) is 6.12. The van der Waals surface area contributed by atoms with Crippen LogP contribution in [-0.2, 0) is 0 Å². The lowest BCUT2D eigenvalue weighted by atomic mass is 9.93. The molecule has 5 heteroatoms. The Balaban J connectivity index is 2.00. The molecule has 1 aromatic carbocycles. The van der Waals surface area contributed by atoms with E-state index >= 15 is 0 Å². The number of fused-ring (bicyclic) bond motifs is 1. The quantitative estimate of drug-likeness (QED) is 0.861. The fourth-order valence-electron chi connectivity index (χ4n) is 2.51. The number of benzene rings is 1. The number of hydrogen-bond donors (Lipinski definition) is 1. The Morgan fingerprint density at radius 2 is 2.33 bits per heavy atom. The van der Waals surface area contributed by atoms with Gasteiger partial charge in [-0.25, -0.2) is 9.37 Å². The molecule has 2 heterocycles. The Morgan fingerprint density at radius 1 is 1.50 bits per heavy atom. The molecule has 0 saturated carbocycles. The molecule has 0 bridgehead atoms. The van der Waals surface area contributed by atoms with Crippen molar-refractivity contribution in [3.63, 3.8) is 0 Å². The minimum atomic E-state index is -0.383. The van der Waals surface area contributed by atoms with Crippen LogP contribution in [0.3, 0.4) is 0 Å². The molecule has 0 radical (unpaired) electrons. The van der Waals surface area contributed by atoms with Crippen molar-refractivity contribution >= 4 is 22.7 Å². The molecule has 0 aliphatic carbocycles. The maximum absolute atomic E-state index is 13.2. The molecule has 1 fully saturated rings. The summed E-state index contributed by atoms with van der Waals surface area (Å²) in [5.74, 6) is 0.574. The highest BCUT2D eigenvalue weighted by Gasteiger charge is 2.25. The number of oxazole rings is 1. The smallest absolute Gasteiger partial charge is 0.198 e. The fraction of sp³-hybridized carbons (Fsp3) is 0.462. The molecule has 3 rings (SSSR count). The van der Waals surface area contributed by atoms with Crippen LogP contribution in [0.15, 0.2) is 16.5 Å². The molecule has 1 N–H and O–H groups in total. The second-order valence-electron chi connectivity index (χ2n) is 4.86. The third kappa shape index (κ3) is 2.10. The zero-order valence-corrected chi connectivity index (χ0v) is 10.8. The lowest BCUT2D eigenvalue weighted by molar-refractivity contribution is 0.336. The van der Waals surface area contributed by atoms with Crippen LogP contribution in [-0.4, -0.2) is 17.6 Å². The standard InChI is InChI=1S/C13H14ClFN2O/c1-7-4-8(2-3-16-7)13-17-11-6-9(15)5-10(14)12(11)18-13/h5-8,16H,2-4H2,1H3. The first-order chi connectivity index (χ1) is 8.63. The van der Waals surface area contributed by atoms with Crippen LogP contribution < -0.4 is 5.32 Å². The SMILES string of the molecule is CC1CC(c2nc3cc(F)cc(Cl)c3o2)CCN1. The van der Waals surface area contributed by atoms with Crippen molar-refractivity contribution in [2.24, 2.45) is 0 Å². The van der Waals surface area contributed by atoms with E-state index in [4.69, 9.17) is 16.0 Å². The van der Waals surface area contributed by atoms with E-state index in [1.54, 1.807) is 0 Å². The first kappa shape index (κ1) is 11.9. The zero-order valence-electron chi connectivity index (χ0n) is 10.0. The predicted molar refractivity (Wildman–Crippen MR) is 68.4 cm³/mol. The van der Waals surface area contributed by atoms with Crippen molar-refractivity contribution in [1.29, 1.82) is 0 Å². The molecule has 2 atom stereocenters. The van der Waals surface area contributed by atoms with Crippen LogP contribution >= 0.6 is 11.6 Å². The number of nitrogens with one attached hydrogen (secondary N) is 1. The molecule has 3 nitrogen and oxygen atoms in total. The van der Waals surface area contributed by atoms with Gasteiger partial charge in [0.15, 0.2) is 11.5 Å². The first-order valence-corrected chi connectivity index (χ1v) is 6.50. The summed E-state index contributed by atoms with van der Waals surface area (Å²) in [6, 6.07) is 3.06. The summed E-state index contributed by atoms with van der Waals surface area (Å²) in [5, 5.41) is 3.66. The van der Waals surface area contributed by atoms with Crippen molar-refractivity contribution in [2.75, 3.05) is 6.54 Å². The normalized spacial score (nSPS) is 24.6. The van der Waals surface area contributed by atoms with Gasteiger partial charge < -0.3 is 9.73 Å². The average molecular weight is 269 g/mol.